The largest absolute Gasteiger partial charge is 0.481 e. The number of carboxylic acids is 1. The van der Waals surface area contributed by atoms with Crippen molar-refractivity contribution in [3.63, 3.8) is 0 Å². The average molecular weight is 706 g/mol. The molecule has 0 heterocycles. The molecule has 2 N–H and O–H groups in total. The normalized spacial score (nSPS) is 37.2. The fraction of sp³-hybridized carbons (Fsp3) is 0.721. The van der Waals surface area contributed by atoms with Gasteiger partial charge in [0.15, 0.2) is 0 Å². The van der Waals surface area contributed by atoms with Crippen molar-refractivity contribution >= 4 is 23.6 Å². The molecule has 5 aliphatic carbocycles. The van der Waals surface area contributed by atoms with Gasteiger partial charge in [0.05, 0.1) is 23.8 Å². The van der Waals surface area contributed by atoms with Crippen LogP contribution in [0.3, 0.4) is 0 Å². The first-order valence-electron chi connectivity index (χ1n) is 19.4. The quantitative estimate of drug-likeness (QED) is 0.207. The standard InChI is InChI=1S/C43H60FNO6/c1-25(2)35-29(46)23-43(45-33(47)22-26-10-12-27(44)13-11-26)21-20-41(8)28(36(35)43)14-15-31-40(7)18-17-32(51-34(48)24-38(3,4)37(49)50)39(5,6)30(40)16-19-42(31,41)9/h10-13,25,30-32,35H,14-24H2,1-9H3,(H,45,47)(H,49,50)/t30-,31+,32-,35?,40-,41+,42+,43+/m0/s1. The van der Waals surface area contributed by atoms with E-state index in [1.165, 1.54) is 23.3 Å². The third-order valence-corrected chi connectivity index (χ3v) is 15.4. The van der Waals surface area contributed by atoms with Crippen LogP contribution in [0.25, 0.3) is 0 Å². The predicted molar refractivity (Wildman–Crippen MR) is 194 cm³/mol. The fourth-order valence-electron chi connectivity index (χ4n) is 12.6. The number of allylic oxidation sites excluding steroid dienone is 1. The van der Waals surface area contributed by atoms with Gasteiger partial charge < -0.3 is 15.2 Å². The lowest BCUT2D eigenvalue weighted by Crippen LogP contribution is -2.65. The van der Waals surface area contributed by atoms with E-state index in [1.807, 2.05) is 0 Å². The Bertz CT molecular complexity index is 1640. The summed E-state index contributed by atoms with van der Waals surface area (Å²) >= 11 is 0. The molecule has 5 aliphatic rings. The zero-order valence-electron chi connectivity index (χ0n) is 32.3. The summed E-state index contributed by atoms with van der Waals surface area (Å²) in [6.45, 7) is 19.3. The lowest BCUT2D eigenvalue weighted by Gasteiger charge is -2.70. The summed E-state index contributed by atoms with van der Waals surface area (Å²) in [4.78, 5) is 52.4. The second-order valence-corrected chi connectivity index (χ2v) is 19.3. The van der Waals surface area contributed by atoms with Crippen LogP contribution in [-0.4, -0.2) is 40.4 Å². The monoisotopic (exact) mass is 705 g/mol. The number of fused-ring (bicyclic) bond motifs is 6. The van der Waals surface area contributed by atoms with E-state index in [0.29, 0.717) is 18.3 Å². The molecule has 6 rings (SSSR count). The van der Waals surface area contributed by atoms with Gasteiger partial charge >= 0.3 is 11.9 Å². The zero-order chi connectivity index (χ0) is 37.5. The van der Waals surface area contributed by atoms with Crippen LogP contribution < -0.4 is 5.32 Å². The van der Waals surface area contributed by atoms with Gasteiger partial charge in [-0.15, -0.1) is 0 Å². The van der Waals surface area contributed by atoms with E-state index in [4.69, 9.17) is 4.74 Å². The number of ketones is 1. The first-order chi connectivity index (χ1) is 23.6. The van der Waals surface area contributed by atoms with Crippen molar-refractivity contribution in [1.29, 1.82) is 0 Å². The summed E-state index contributed by atoms with van der Waals surface area (Å²) in [5.74, 6) is -0.989. The molecule has 4 saturated carbocycles. The van der Waals surface area contributed by atoms with Crippen LogP contribution in [0.4, 0.5) is 4.39 Å². The van der Waals surface area contributed by atoms with Gasteiger partial charge in [0, 0.05) is 17.8 Å². The van der Waals surface area contributed by atoms with E-state index in [0.717, 1.165) is 56.9 Å². The van der Waals surface area contributed by atoms with Crippen molar-refractivity contribution in [3.8, 4) is 0 Å². The molecule has 0 aromatic heterocycles. The van der Waals surface area contributed by atoms with Gasteiger partial charge in [0.2, 0.25) is 5.91 Å². The average Bonchev–Trinajstić information content (AvgIpc) is 3.31. The first-order valence-corrected chi connectivity index (χ1v) is 19.4. The van der Waals surface area contributed by atoms with Gasteiger partial charge in [-0.25, -0.2) is 4.39 Å². The summed E-state index contributed by atoms with van der Waals surface area (Å²) < 4.78 is 19.7. The summed E-state index contributed by atoms with van der Waals surface area (Å²) in [6, 6.07) is 6.06. The van der Waals surface area contributed by atoms with E-state index < -0.39 is 22.9 Å². The lowest BCUT2D eigenvalue weighted by atomic mass is 9.34. The van der Waals surface area contributed by atoms with Crippen LogP contribution in [0.15, 0.2) is 35.4 Å². The number of carbonyl (C=O) groups is 4. The number of nitrogens with one attached hydrogen (secondary N) is 1. The minimum Gasteiger partial charge on any atom is -0.481 e. The molecule has 0 bridgehead atoms. The number of halogens is 1. The van der Waals surface area contributed by atoms with Crippen LogP contribution in [-0.2, 0) is 30.3 Å². The Labute approximate surface area is 303 Å². The molecule has 0 spiro atoms. The Kier molecular flexibility index (Phi) is 9.27. The Balaban J connectivity index is 1.30. The van der Waals surface area contributed by atoms with Crippen molar-refractivity contribution < 1.29 is 33.4 Å². The summed E-state index contributed by atoms with van der Waals surface area (Å²) in [6.07, 6.45) is 7.35. The first kappa shape index (κ1) is 37.7. The number of carbonyl (C=O) groups excluding carboxylic acids is 3. The molecule has 0 saturated heterocycles. The fourth-order valence-corrected chi connectivity index (χ4v) is 12.6. The predicted octanol–water partition coefficient (Wildman–Crippen LogP) is 8.63. The van der Waals surface area contributed by atoms with Gasteiger partial charge in [-0.1, -0.05) is 66.2 Å². The second-order valence-electron chi connectivity index (χ2n) is 19.3. The maximum absolute atomic E-state index is 13.9. The molecule has 1 unspecified atom stereocenters. The van der Waals surface area contributed by atoms with Crippen molar-refractivity contribution in [1.82, 2.24) is 5.32 Å². The highest BCUT2D eigenvalue weighted by molar-refractivity contribution is 5.93. The minimum atomic E-state index is -1.18. The highest BCUT2D eigenvalue weighted by atomic mass is 19.1. The van der Waals surface area contributed by atoms with Crippen LogP contribution in [0.1, 0.15) is 132 Å². The number of amides is 1. The molecular formula is C43H60FNO6. The zero-order valence-corrected chi connectivity index (χ0v) is 32.3. The highest BCUT2D eigenvalue weighted by Gasteiger charge is 2.69. The smallest absolute Gasteiger partial charge is 0.309 e. The van der Waals surface area contributed by atoms with Crippen molar-refractivity contribution in [3.05, 3.63) is 46.8 Å². The van der Waals surface area contributed by atoms with Crippen molar-refractivity contribution in [2.24, 2.45) is 50.7 Å². The van der Waals surface area contributed by atoms with Gasteiger partial charge in [-0.3, -0.25) is 19.2 Å². The maximum atomic E-state index is 13.9. The van der Waals surface area contributed by atoms with Gasteiger partial charge in [-0.2, -0.15) is 0 Å². The van der Waals surface area contributed by atoms with Crippen LogP contribution in [0, 0.1) is 56.6 Å². The summed E-state index contributed by atoms with van der Waals surface area (Å²) in [5, 5.41) is 13.0. The van der Waals surface area contributed by atoms with Crippen LogP contribution in [0.2, 0.25) is 0 Å². The van der Waals surface area contributed by atoms with Crippen LogP contribution in [0.5, 0.6) is 0 Å². The second kappa shape index (κ2) is 12.5. The number of hydrogen-bond acceptors (Lipinski definition) is 5. The number of carboxylic acid groups (broad SMARTS) is 1. The molecule has 51 heavy (non-hydrogen) atoms. The SMILES string of the molecule is CC(C)C1C(=O)C[C@]2(NC(=O)Cc3ccc(F)cc3)CC[C@]3(C)C(=C12)CC[C@@H]1[C@@]2(C)CC[C@H](OC(=O)CC(C)(C)C(=O)O)C(C)(C)[C@@H]2CC[C@]13C. The Morgan fingerprint density at radius 1 is 0.961 bits per heavy atom. The Morgan fingerprint density at radius 3 is 2.25 bits per heavy atom. The van der Waals surface area contributed by atoms with Gasteiger partial charge in [0.1, 0.15) is 17.7 Å². The Hall–Kier alpha value is -3.03. The number of ether oxygens (including phenoxy) is 1. The molecular weight excluding hydrogens is 645 g/mol. The number of Topliss-reactive ketones (excluding diaryl/α,β-unsaturated/α-hetero) is 1. The van der Waals surface area contributed by atoms with Crippen molar-refractivity contribution in [2.45, 2.75) is 145 Å². The molecule has 0 aliphatic heterocycles. The number of esters is 1. The molecule has 1 aromatic rings. The number of hydrogen-bond donors (Lipinski definition) is 2. The lowest BCUT2D eigenvalue weighted by molar-refractivity contribution is -0.214. The third-order valence-electron chi connectivity index (χ3n) is 15.4. The molecule has 8 heteroatoms. The van der Waals surface area contributed by atoms with E-state index in [9.17, 15) is 28.7 Å². The summed E-state index contributed by atoms with van der Waals surface area (Å²) in [5.41, 5.74) is 1.11. The third kappa shape index (κ3) is 5.89. The maximum Gasteiger partial charge on any atom is 0.309 e. The topological polar surface area (TPSA) is 110 Å². The molecule has 1 aromatic carbocycles. The number of aliphatic carboxylic acids is 1. The Morgan fingerprint density at radius 2 is 1.63 bits per heavy atom. The molecule has 8 atom stereocenters. The molecule has 280 valence electrons. The minimum absolute atomic E-state index is 0.0125. The summed E-state index contributed by atoms with van der Waals surface area (Å²) in [7, 11) is 0. The molecule has 1 amide bonds. The number of benzene rings is 1. The number of rotatable bonds is 8. The highest BCUT2D eigenvalue weighted by Crippen LogP contribution is 2.75. The van der Waals surface area contributed by atoms with E-state index in [-0.39, 0.29) is 69.9 Å². The van der Waals surface area contributed by atoms with Gasteiger partial charge in [0.25, 0.3) is 0 Å². The van der Waals surface area contributed by atoms with E-state index >= 15 is 0 Å². The molecule has 4 fully saturated rings. The van der Waals surface area contributed by atoms with E-state index in [2.05, 4.69) is 53.8 Å². The molecule has 0 radical (unpaired) electrons. The van der Waals surface area contributed by atoms with Crippen LogP contribution >= 0.6 is 0 Å². The molecule has 7 nitrogen and oxygen atoms in total. The van der Waals surface area contributed by atoms with Gasteiger partial charge in [-0.05, 0) is 122 Å². The van der Waals surface area contributed by atoms with E-state index in [1.54, 1.807) is 26.0 Å². The van der Waals surface area contributed by atoms with Crippen molar-refractivity contribution in [2.75, 3.05) is 0 Å².